The maximum Gasteiger partial charge on any atom is 0.0955 e. The van der Waals surface area contributed by atoms with Gasteiger partial charge in [0.15, 0.2) is 0 Å². The number of hydrogen-bond acceptors (Lipinski definition) is 2. The average Bonchev–Trinajstić information content (AvgIpc) is 2.80. The number of rotatable bonds is 4. The van der Waals surface area contributed by atoms with E-state index in [4.69, 9.17) is 5.26 Å². The molecule has 3 nitrogen and oxygen atoms in total. The summed E-state index contributed by atoms with van der Waals surface area (Å²) in [6, 6.07) is 12.3. The lowest BCUT2D eigenvalue weighted by Crippen LogP contribution is -1.91. The van der Waals surface area contributed by atoms with Crippen LogP contribution in [0.5, 0.6) is 0 Å². The molecule has 2 aromatic rings. The van der Waals surface area contributed by atoms with Crippen LogP contribution in [-0.4, -0.2) is 10.2 Å². The van der Waals surface area contributed by atoms with Crippen molar-refractivity contribution in [1.29, 1.82) is 5.26 Å². The summed E-state index contributed by atoms with van der Waals surface area (Å²) in [6.07, 6.45) is 2.22. The lowest BCUT2D eigenvalue weighted by Gasteiger charge is -2.02. The molecule has 86 valence electrons. The van der Waals surface area contributed by atoms with Crippen LogP contribution in [0, 0.1) is 11.3 Å². The van der Waals surface area contributed by atoms with E-state index >= 15 is 0 Å². The Hall–Kier alpha value is -2.08. The Morgan fingerprint density at radius 3 is 2.71 bits per heavy atom. The Morgan fingerprint density at radius 2 is 2.06 bits per heavy atom. The van der Waals surface area contributed by atoms with Gasteiger partial charge in [0, 0.05) is 23.2 Å². The van der Waals surface area contributed by atoms with Gasteiger partial charge in [-0.15, -0.1) is 0 Å². The zero-order valence-electron chi connectivity index (χ0n) is 9.90. The van der Waals surface area contributed by atoms with Crippen LogP contribution in [0.3, 0.4) is 0 Å². The van der Waals surface area contributed by atoms with E-state index < -0.39 is 0 Å². The molecule has 0 aliphatic carbocycles. The largest absolute Gasteiger partial charge is 0.282 e. The van der Waals surface area contributed by atoms with Crippen molar-refractivity contribution >= 4 is 0 Å². The Kier molecular flexibility index (Phi) is 3.56. The molecule has 0 fully saturated rings. The molecule has 1 aromatic carbocycles. The highest BCUT2D eigenvalue weighted by Crippen LogP contribution is 2.25. The summed E-state index contributed by atoms with van der Waals surface area (Å²) >= 11 is 0. The molecule has 0 bridgehead atoms. The molecule has 2 rings (SSSR count). The van der Waals surface area contributed by atoms with Gasteiger partial charge in [0.2, 0.25) is 0 Å². The molecule has 3 heteroatoms. The monoisotopic (exact) mass is 225 g/mol. The number of nitrogens with one attached hydrogen (secondary N) is 1. The van der Waals surface area contributed by atoms with E-state index in [-0.39, 0.29) is 0 Å². The first-order chi connectivity index (χ1) is 8.36. The molecule has 1 N–H and O–H groups in total. The number of aromatic nitrogens is 2. The zero-order chi connectivity index (χ0) is 12.1. The molecule has 0 saturated heterocycles. The van der Waals surface area contributed by atoms with Gasteiger partial charge in [-0.3, -0.25) is 5.10 Å². The van der Waals surface area contributed by atoms with E-state index in [1.807, 2.05) is 30.3 Å². The predicted octanol–water partition coefficient (Wildman–Crippen LogP) is 3.10. The molecule has 1 aromatic heterocycles. The second-order valence-electron chi connectivity index (χ2n) is 3.91. The predicted molar refractivity (Wildman–Crippen MR) is 67.3 cm³/mol. The van der Waals surface area contributed by atoms with Crippen LogP contribution in [-0.2, 0) is 12.8 Å². The second kappa shape index (κ2) is 5.31. The molecule has 0 aliphatic heterocycles. The third kappa shape index (κ3) is 2.36. The van der Waals surface area contributed by atoms with Gasteiger partial charge in [0.25, 0.3) is 0 Å². The van der Waals surface area contributed by atoms with Gasteiger partial charge in [0.05, 0.1) is 11.8 Å². The van der Waals surface area contributed by atoms with Crippen molar-refractivity contribution in [2.24, 2.45) is 0 Å². The van der Waals surface area contributed by atoms with Crippen molar-refractivity contribution in [2.45, 2.75) is 26.2 Å². The molecule has 0 spiro atoms. The molecule has 0 aliphatic rings. The Balaban J connectivity index is 2.41. The van der Waals surface area contributed by atoms with Crippen molar-refractivity contribution in [3.8, 4) is 17.3 Å². The van der Waals surface area contributed by atoms with Crippen LogP contribution >= 0.6 is 0 Å². The van der Waals surface area contributed by atoms with Crippen LogP contribution in [0.1, 0.15) is 24.6 Å². The van der Waals surface area contributed by atoms with Crippen molar-refractivity contribution in [1.82, 2.24) is 10.2 Å². The summed E-state index contributed by atoms with van der Waals surface area (Å²) in [5.41, 5.74) is 4.41. The summed E-state index contributed by atoms with van der Waals surface area (Å²) in [6.45, 7) is 2.10. The van der Waals surface area contributed by atoms with E-state index in [0.29, 0.717) is 6.42 Å². The summed E-state index contributed by atoms with van der Waals surface area (Å²) in [5.74, 6) is 0. The van der Waals surface area contributed by atoms with Crippen LogP contribution < -0.4 is 0 Å². The maximum atomic E-state index is 8.71. The molecule has 0 saturated carbocycles. The number of benzene rings is 1. The fourth-order valence-corrected chi connectivity index (χ4v) is 1.98. The number of H-pyrrole nitrogens is 1. The topological polar surface area (TPSA) is 52.5 Å². The van der Waals surface area contributed by atoms with Gasteiger partial charge in [-0.25, -0.2) is 0 Å². The SMILES string of the molecule is CCc1[nH]nc(-c2ccccc2)c1CCC#N. The molecular formula is C14H15N3. The summed E-state index contributed by atoms with van der Waals surface area (Å²) in [5, 5.41) is 16.2. The molecule has 1 heterocycles. The van der Waals surface area contributed by atoms with E-state index in [1.165, 1.54) is 5.56 Å². The first-order valence-electron chi connectivity index (χ1n) is 5.85. The van der Waals surface area contributed by atoms with Crippen LogP contribution in [0.25, 0.3) is 11.3 Å². The molecule has 0 radical (unpaired) electrons. The van der Waals surface area contributed by atoms with Gasteiger partial charge < -0.3 is 0 Å². The molecule has 0 unspecified atom stereocenters. The lowest BCUT2D eigenvalue weighted by atomic mass is 10.0. The highest BCUT2D eigenvalue weighted by molar-refractivity contribution is 5.63. The van der Waals surface area contributed by atoms with Gasteiger partial charge in [0.1, 0.15) is 0 Å². The fourth-order valence-electron chi connectivity index (χ4n) is 1.98. The van der Waals surface area contributed by atoms with Crippen LogP contribution in [0.4, 0.5) is 0 Å². The second-order valence-corrected chi connectivity index (χ2v) is 3.91. The van der Waals surface area contributed by atoms with Gasteiger partial charge in [-0.2, -0.15) is 10.4 Å². The molecule has 0 atom stereocenters. The van der Waals surface area contributed by atoms with Crippen LogP contribution in [0.2, 0.25) is 0 Å². The highest BCUT2D eigenvalue weighted by Gasteiger charge is 2.12. The Morgan fingerprint density at radius 1 is 1.29 bits per heavy atom. The van der Waals surface area contributed by atoms with E-state index in [2.05, 4.69) is 23.2 Å². The highest BCUT2D eigenvalue weighted by atomic mass is 15.1. The number of aromatic amines is 1. The number of aryl methyl sites for hydroxylation is 1. The maximum absolute atomic E-state index is 8.71. The summed E-state index contributed by atoms with van der Waals surface area (Å²) in [4.78, 5) is 0. The van der Waals surface area contributed by atoms with Crippen molar-refractivity contribution in [3.63, 3.8) is 0 Å². The third-order valence-corrected chi connectivity index (χ3v) is 2.84. The van der Waals surface area contributed by atoms with E-state index in [0.717, 1.165) is 29.8 Å². The Labute approximate surface area is 101 Å². The first-order valence-corrected chi connectivity index (χ1v) is 5.85. The van der Waals surface area contributed by atoms with Crippen molar-refractivity contribution in [2.75, 3.05) is 0 Å². The number of hydrogen-bond donors (Lipinski definition) is 1. The molecular weight excluding hydrogens is 210 g/mol. The minimum Gasteiger partial charge on any atom is -0.282 e. The normalized spacial score (nSPS) is 10.1. The zero-order valence-corrected chi connectivity index (χ0v) is 9.90. The Bertz CT molecular complexity index is 520. The molecule has 0 amide bonds. The van der Waals surface area contributed by atoms with Gasteiger partial charge >= 0.3 is 0 Å². The van der Waals surface area contributed by atoms with Crippen LogP contribution in [0.15, 0.2) is 30.3 Å². The average molecular weight is 225 g/mol. The lowest BCUT2D eigenvalue weighted by molar-refractivity contribution is 0.936. The fraction of sp³-hybridized carbons (Fsp3) is 0.286. The molecule has 17 heavy (non-hydrogen) atoms. The quantitative estimate of drug-likeness (QED) is 0.869. The summed E-state index contributed by atoms with van der Waals surface area (Å²) in [7, 11) is 0. The van der Waals surface area contributed by atoms with Crippen molar-refractivity contribution < 1.29 is 0 Å². The van der Waals surface area contributed by atoms with Gasteiger partial charge in [-0.05, 0) is 12.8 Å². The smallest absolute Gasteiger partial charge is 0.0955 e. The van der Waals surface area contributed by atoms with Crippen molar-refractivity contribution in [3.05, 3.63) is 41.6 Å². The third-order valence-electron chi connectivity index (χ3n) is 2.84. The summed E-state index contributed by atoms with van der Waals surface area (Å²) < 4.78 is 0. The van der Waals surface area contributed by atoms with E-state index in [9.17, 15) is 0 Å². The first kappa shape index (κ1) is 11.4. The van der Waals surface area contributed by atoms with Gasteiger partial charge in [-0.1, -0.05) is 37.3 Å². The minimum atomic E-state index is 0.534. The standard InChI is InChI=1S/C14H15N3/c1-2-13-12(9-6-10-15)14(17-16-13)11-7-4-3-5-8-11/h3-5,7-8H,2,6,9H2,1H3,(H,16,17). The van der Waals surface area contributed by atoms with E-state index in [1.54, 1.807) is 0 Å². The number of nitriles is 1. The minimum absolute atomic E-state index is 0.534. The number of nitrogens with zero attached hydrogens (tertiary/aromatic N) is 2.